The van der Waals surface area contributed by atoms with Crippen molar-refractivity contribution in [1.29, 1.82) is 0 Å². The number of aliphatic hydroxyl groups excluding tert-OH is 1. The second kappa shape index (κ2) is 8.77. The van der Waals surface area contributed by atoms with Crippen LogP contribution in [0.2, 0.25) is 0 Å². The summed E-state index contributed by atoms with van der Waals surface area (Å²) >= 11 is 0. The first-order valence-electron chi connectivity index (χ1n) is 9.30. The number of rotatable bonds is 10. The number of nitrogens with one attached hydrogen (secondary N) is 1. The van der Waals surface area contributed by atoms with E-state index in [0.717, 1.165) is 25.8 Å². The van der Waals surface area contributed by atoms with Gasteiger partial charge in [0.05, 0.1) is 6.10 Å². The number of carbonyl (C=O) groups is 3. The van der Waals surface area contributed by atoms with Crippen molar-refractivity contribution in [2.45, 2.75) is 50.2 Å². The molecule has 0 radical (unpaired) electrons. The molecule has 2 rings (SSSR count). The molecule has 0 aromatic heterocycles. The van der Waals surface area contributed by atoms with Crippen molar-refractivity contribution in [2.24, 2.45) is 17.8 Å². The molecule has 1 amide bonds. The number of unbranched alkanes of at least 4 members (excludes halogenated alkanes) is 2. The predicted octanol–water partition coefficient (Wildman–Crippen LogP) is 0.820. The quantitative estimate of drug-likeness (QED) is 0.300. The van der Waals surface area contributed by atoms with Gasteiger partial charge in [0.15, 0.2) is 0 Å². The summed E-state index contributed by atoms with van der Waals surface area (Å²) < 4.78 is 0. The Hall–Kier alpha value is -1.73. The van der Waals surface area contributed by atoms with E-state index in [9.17, 15) is 24.6 Å². The van der Waals surface area contributed by atoms with Crippen molar-refractivity contribution in [2.75, 3.05) is 20.6 Å². The lowest BCUT2D eigenvalue weighted by Crippen LogP contribution is -2.48. The summed E-state index contributed by atoms with van der Waals surface area (Å²) in [5, 5.41) is 21.9. The first kappa shape index (κ1) is 20.6. The van der Waals surface area contributed by atoms with E-state index in [-0.39, 0.29) is 18.8 Å². The van der Waals surface area contributed by atoms with Crippen LogP contribution in [0.3, 0.4) is 0 Å². The third-order valence-electron chi connectivity index (χ3n) is 5.44. The Labute approximate surface area is 154 Å². The number of hydrogen-bond acceptors (Lipinski definition) is 5. The van der Waals surface area contributed by atoms with Crippen LogP contribution in [-0.4, -0.2) is 65.6 Å². The van der Waals surface area contributed by atoms with E-state index >= 15 is 0 Å². The Kier molecular flexibility index (Phi) is 6.94. The molecule has 5 atom stereocenters. The molecule has 3 N–H and O–H groups in total. The van der Waals surface area contributed by atoms with Crippen molar-refractivity contribution in [1.82, 2.24) is 10.2 Å². The summed E-state index contributed by atoms with van der Waals surface area (Å²) in [5.41, 5.74) is -1.27. The normalized spacial score (nSPS) is 33.5. The van der Waals surface area contributed by atoms with E-state index in [2.05, 4.69) is 10.2 Å². The number of aliphatic carboxylic acids is 1. The van der Waals surface area contributed by atoms with Gasteiger partial charge in [-0.1, -0.05) is 12.2 Å². The number of carbonyl (C=O) groups excluding carboxylic acids is 2. The second-order valence-corrected chi connectivity index (χ2v) is 7.84. The van der Waals surface area contributed by atoms with Crippen LogP contribution < -0.4 is 5.32 Å². The van der Waals surface area contributed by atoms with Gasteiger partial charge in [-0.3, -0.25) is 4.79 Å². The summed E-state index contributed by atoms with van der Waals surface area (Å²) in [6.45, 7) is 1.03. The molecule has 7 nitrogen and oxygen atoms in total. The van der Waals surface area contributed by atoms with E-state index < -0.39 is 35.4 Å². The van der Waals surface area contributed by atoms with Crippen LogP contribution in [0.5, 0.6) is 0 Å². The lowest BCUT2D eigenvalue weighted by Gasteiger charge is -2.19. The molecule has 0 aromatic rings. The Morgan fingerprint density at radius 1 is 1.27 bits per heavy atom. The molecule has 0 spiro atoms. The molecule has 7 heteroatoms. The Morgan fingerprint density at radius 2 is 2.00 bits per heavy atom. The maximum atomic E-state index is 12.5. The maximum absolute atomic E-state index is 12.5. The van der Waals surface area contributed by atoms with Crippen molar-refractivity contribution >= 4 is 18.2 Å². The molecule has 0 saturated heterocycles. The van der Waals surface area contributed by atoms with E-state index in [0.29, 0.717) is 12.7 Å². The number of allylic oxidation sites excluding steroid dienone is 1. The third kappa shape index (κ3) is 4.92. The van der Waals surface area contributed by atoms with E-state index in [1.165, 1.54) is 0 Å². The van der Waals surface area contributed by atoms with Crippen LogP contribution in [0.15, 0.2) is 12.2 Å². The molecule has 146 valence electrons. The topological polar surface area (TPSA) is 107 Å². The van der Waals surface area contributed by atoms with Gasteiger partial charge in [-0.15, -0.1) is 0 Å². The van der Waals surface area contributed by atoms with E-state index in [1.54, 1.807) is 0 Å². The van der Waals surface area contributed by atoms with Gasteiger partial charge < -0.3 is 25.2 Å². The van der Waals surface area contributed by atoms with Crippen molar-refractivity contribution in [3.63, 3.8) is 0 Å². The summed E-state index contributed by atoms with van der Waals surface area (Å²) in [7, 11) is 4.06. The highest BCUT2D eigenvalue weighted by molar-refractivity contribution is 5.92. The van der Waals surface area contributed by atoms with Crippen molar-refractivity contribution in [3.05, 3.63) is 12.2 Å². The molecule has 0 bridgehead atoms. The SMILES string of the molecule is CN(C)CCCC/C=C\[C@@H]1C[C@]1(NC(=O)[C@@H]1C[C@@H](O)C[C@H]1C=O)C(=O)O. The van der Waals surface area contributed by atoms with Gasteiger partial charge in [-0.05, 0) is 59.2 Å². The van der Waals surface area contributed by atoms with Crippen LogP contribution in [0.1, 0.15) is 38.5 Å². The number of carboxylic acids is 1. The zero-order chi connectivity index (χ0) is 19.3. The highest BCUT2D eigenvalue weighted by atomic mass is 16.4. The molecule has 0 aromatic carbocycles. The number of hydrogen-bond donors (Lipinski definition) is 3. The summed E-state index contributed by atoms with van der Waals surface area (Å²) in [6.07, 6.45) is 7.71. The minimum absolute atomic E-state index is 0.206. The van der Waals surface area contributed by atoms with Gasteiger partial charge in [0.2, 0.25) is 5.91 Å². The van der Waals surface area contributed by atoms with Crippen LogP contribution in [0.25, 0.3) is 0 Å². The summed E-state index contributed by atoms with van der Waals surface area (Å²) in [5.74, 6) is -2.90. The largest absolute Gasteiger partial charge is 0.479 e. The first-order chi connectivity index (χ1) is 12.3. The molecule has 0 aliphatic heterocycles. The monoisotopic (exact) mass is 366 g/mol. The Balaban J connectivity index is 1.86. The Bertz CT molecular complexity index is 562. The average Bonchev–Trinajstić information content (AvgIpc) is 3.13. The van der Waals surface area contributed by atoms with Gasteiger partial charge in [0.25, 0.3) is 0 Å². The molecule has 2 aliphatic carbocycles. The third-order valence-corrected chi connectivity index (χ3v) is 5.44. The molecular weight excluding hydrogens is 336 g/mol. The molecule has 0 unspecified atom stereocenters. The van der Waals surface area contributed by atoms with Crippen molar-refractivity contribution in [3.8, 4) is 0 Å². The average molecular weight is 366 g/mol. The van der Waals surface area contributed by atoms with Gasteiger partial charge >= 0.3 is 5.97 Å². The predicted molar refractivity (Wildman–Crippen MR) is 96.4 cm³/mol. The molecule has 0 heterocycles. The van der Waals surface area contributed by atoms with Gasteiger partial charge in [0, 0.05) is 17.8 Å². The number of amides is 1. The fourth-order valence-corrected chi connectivity index (χ4v) is 3.72. The number of aliphatic hydroxyl groups is 1. The van der Waals surface area contributed by atoms with Crippen LogP contribution >= 0.6 is 0 Å². The smallest absolute Gasteiger partial charge is 0.330 e. The van der Waals surface area contributed by atoms with Crippen LogP contribution in [-0.2, 0) is 14.4 Å². The minimum Gasteiger partial charge on any atom is -0.479 e. The van der Waals surface area contributed by atoms with E-state index in [4.69, 9.17) is 0 Å². The fourth-order valence-electron chi connectivity index (χ4n) is 3.72. The molecule has 2 fully saturated rings. The zero-order valence-electron chi connectivity index (χ0n) is 15.6. The zero-order valence-corrected chi connectivity index (χ0v) is 15.6. The molecule has 2 saturated carbocycles. The van der Waals surface area contributed by atoms with E-state index in [1.807, 2.05) is 26.2 Å². The standard InChI is InChI=1S/C19H30N2O5/c1-21(2)8-6-4-3-5-7-14-11-19(14,18(25)26)20-17(24)16-10-15(23)9-13(16)12-22/h5,7,12-16,23H,3-4,6,8-11H2,1-2H3,(H,20,24)(H,25,26)/b7-5-/t13-,14+,15-,16+,19+/m0/s1. The van der Waals surface area contributed by atoms with Crippen molar-refractivity contribution < 1.29 is 24.6 Å². The highest BCUT2D eigenvalue weighted by Gasteiger charge is 2.61. The number of carboxylic acid groups (broad SMARTS) is 1. The lowest BCUT2D eigenvalue weighted by molar-refractivity contribution is -0.144. The Morgan fingerprint density at radius 3 is 2.62 bits per heavy atom. The first-order valence-corrected chi connectivity index (χ1v) is 9.30. The minimum atomic E-state index is -1.27. The second-order valence-electron chi connectivity index (χ2n) is 7.84. The summed E-state index contributed by atoms with van der Waals surface area (Å²) in [4.78, 5) is 37.4. The molecular formula is C19H30N2O5. The van der Waals surface area contributed by atoms with Gasteiger partial charge in [-0.25, -0.2) is 4.79 Å². The fraction of sp³-hybridized carbons (Fsp3) is 0.737. The maximum Gasteiger partial charge on any atom is 0.330 e. The highest BCUT2D eigenvalue weighted by Crippen LogP contribution is 2.46. The number of nitrogens with zero attached hydrogens (tertiary/aromatic N) is 1. The van der Waals surface area contributed by atoms with Gasteiger partial charge in [0.1, 0.15) is 11.8 Å². The number of aldehydes is 1. The molecule has 26 heavy (non-hydrogen) atoms. The van der Waals surface area contributed by atoms with Crippen LogP contribution in [0, 0.1) is 17.8 Å². The van der Waals surface area contributed by atoms with Gasteiger partial charge in [-0.2, -0.15) is 0 Å². The van der Waals surface area contributed by atoms with Crippen LogP contribution in [0.4, 0.5) is 0 Å². The summed E-state index contributed by atoms with van der Waals surface area (Å²) in [6, 6.07) is 0. The lowest BCUT2D eigenvalue weighted by atomic mass is 9.96. The molecule has 2 aliphatic rings.